The smallest absolute Gasteiger partial charge is 0.319 e. The summed E-state index contributed by atoms with van der Waals surface area (Å²) in [6, 6.07) is 12.0. The van der Waals surface area contributed by atoms with Crippen LogP contribution in [0.5, 0.6) is 5.75 Å². The maximum absolute atomic E-state index is 12.0. The molecule has 2 aromatic rings. The Morgan fingerprint density at radius 3 is 2.50 bits per heavy atom. The van der Waals surface area contributed by atoms with E-state index in [1.807, 2.05) is 13.8 Å². The fourth-order valence-electron chi connectivity index (χ4n) is 2.22. The van der Waals surface area contributed by atoms with E-state index in [2.05, 4.69) is 16.0 Å². The van der Waals surface area contributed by atoms with Gasteiger partial charge >= 0.3 is 6.03 Å². The van der Waals surface area contributed by atoms with Crippen LogP contribution in [0.2, 0.25) is 5.02 Å². The molecule has 0 radical (unpaired) electrons. The number of rotatable bonds is 7. The first kappa shape index (κ1) is 19.6. The van der Waals surface area contributed by atoms with E-state index in [9.17, 15) is 9.59 Å². The topological polar surface area (TPSA) is 79.5 Å². The zero-order valence-electron chi connectivity index (χ0n) is 14.8. The molecular formula is C19H22ClN3O3. The molecule has 0 saturated heterocycles. The van der Waals surface area contributed by atoms with Crippen LogP contribution < -0.4 is 20.7 Å². The normalized spacial score (nSPS) is 10.1. The van der Waals surface area contributed by atoms with Gasteiger partial charge in [-0.2, -0.15) is 0 Å². The summed E-state index contributed by atoms with van der Waals surface area (Å²) in [5, 5.41) is 8.72. The van der Waals surface area contributed by atoms with Crippen LogP contribution in [0, 0.1) is 6.92 Å². The SMILES string of the molecule is CCOc1ccc(NC(=O)NCCC(=O)Nc2cccc(Cl)c2C)cc1. The summed E-state index contributed by atoms with van der Waals surface area (Å²) in [4.78, 5) is 23.8. The van der Waals surface area contributed by atoms with Crippen molar-refractivity contribution in [3.63, 3.8) is 0 Å². The van der Waals surface area contributed by atoms with Crippen LogP contribution in [-0.2, 0) is 4.79 Å². The lowest BCUT2D eigenvalue weighted by Crippen LogP contribution is -2.31. The lowest BCUT2D eigenvalue weighted by Gasteiger charge is -2.11. The highest BCUT2D eigenvalue weighted by Gasteiger charge is 2.08. The summed E-state index contributed by atoms with van der Waals surface area (Å²) in [5.41, 5.74) is 2.12. The van der Waals surface area contributed by atoms with E-state index in [0.717, 1.165) is 11.3 Å². The van der Waals surface area contributed by atoms with Crippen molar-refractivity contribution in [2.24, 2.45) is 0 Å². The van der Waals surface area contributed by atoms with Gasteiger partial charge in [-0.15, -0.1) is 0 Å². The third kappa shape index (κ3) is 5.97. The Morgan fingerprint density at radius 2 is 1.81 bits per heavy atom. The first-order valence-corrected chi connectivity index (χ1v) is 8.70. The molecule has 26 heavy (non-hydrogen) atoms. The predicted molar refractivity (Wildman–Crippen MR) is 104 cm³/mol. The molecular weight excluding hydrogens is 354 g/mol. The minimum absolute atomic E-state index is 0.155. The third-order valence-corrected chi connectivity index (χ3v) is 4.01. The Balaban J connectivity index is 1.73. The quantitative estimate of drug-likeness (QED) is 0.678. The van der Waals surface area contributed by atoms with Gasteiger partial charge in [0.15, 0.2) is 0 Å². The van der Waals surface area contributed by atoms with Crippen molar-refractivity contribution in [1.29, 1.82) is 0 Å². The van der Waals surface area contributed by atoms with E-state index in [1.54, 1.807) is 42.5 Å². The van der Waals surface area contributed by atoms with Crippen molar-refractivity contribution in [2.75, 3.05) is 23.8 Å². The van der Waals surface area contributed by atoms with Crippen LogP contribution in [-0.4, -0.2) is 25.1 Å². The molecule has 0 heterocycles. The molecule has 0 fully saturated rings. The van der Waals surface area contributed by atoms with Crippen LogP contribution >= 0.6 is 11.6 Å². The monoisotopic (exact) mass is 375 g/mol. The maximum atomic E-state index is 12.0. The van der Waals surface area contributed by atoms with Crippen molar-refractivity contribution in [3.8, 4) is 5.75 Å². The molecule has 2 rings (SSSR count). The number of amides is 3. The average molecular weight is 376 g/mol. The second kappa shape index (κ2) is 9.68. The van der Waals surface area contributed by atoms with Crippen LogP contribution in [0.25, 0.3) is 0 Å². The largest absolute Gasteiger partial charge is 0.494 e. The van der Waals surface area contributed by atoms with Gasteiger partial charge in [0.1, 0.15) is 5.75 Å². The molecule has 0 saturated carbocycles. The fourth-order valence-corrected chi connectivity index (χ4v) is 2.40. The molecule has 6 nitrogen and oxygen atoms in total. The summed E-state index contributed by atoms with van der Waals surface area (Å²) < 4.78 is 5.34. The predicted octanol–water partition coefficient (Wildman–Crippen LogP) is 4.20. The van der Waals surface area contributed by atoms with Crippen molar-refractivity contribution in [3.05, 3.63) is 53.1 Å². The average Bonchev–Trinajstić information content (AvgIpc) is 2.61. The van der Waals surface area contributed by atoms with Crippen LogP contribution in [0.15, 0.2) is 42.5 Å². The lowest BCUT2D eigenvalue weighted by atomic mass is 10.2. The standard InChI is InChI=1S/C19H22ClN3O3/c1-3-26-15-9-7-14(8-10-15)22-19(25)21-12-11-18(24)23-17-6-4-5-16(20)13(17)2/h4-10H,3,11-12H2,1-2H3,(H,23,24)(H2,21,22,25). The first-order valence-electron chi connectivity index (χ1n) is 8.32. The van der Waals surface area contributed by atoms with Crippen molar-refractivity contribution >= 4 is 34.9 Å². The Morgan fingerprint density at radius 1 is 1.08 bits per heavy atom. The maximum Gasteiger partial charge on any atom is 0.319 e. The van der Waals surface area contributed by atoms with E-state index < -0.39 is 0 Å². The third-order valence-electron chi connectivity index (χ3n) is 3.60. The number of ether oxygens (including phenoxy) is 1. The molecule has 0 aliphatic rings. The van der Waals surface area contributed by atoms with Crippen molar-refractivity contribution in [2.45, 2.75) is 20.3 Å². The molecule has 7 heteroatoms. The molecule has 0 atom stereocenters. The minimum Gasteiger partial charge on any atom is -0.494 e. The highest BCUT2D eigenvalue weighted by molar-refractivity contribution is 6.31. The Bertz CT molecular complexity index is 763. The number of nitrogens with one attached hydrogen (secondary N) is 3. The highest BCUT2D eigenvalue weighted by Crippen LogP contribution is 2.22. The molecule has 0 aliphatic carbocycles. The van der Waals surface area contributed by atoms with Gasteiger partial charge in [0.2, 0.25) is 5.91 Å². The second-order valence-corrected chi connectivity index (χ2v) is 5.96. The summed E-state index contributed by atoms with van der Waals surface area (Å²) in [6.45, 7) is 4.54. The van der Waals surface area contributed by atoms with Crippen LogP contribution in [0.4, 0.5) is 16.2 Å². The number of anilines is 2. The number of carbonyl (C=O) groups is 2. The minimum atomic E-state index is -0.374. The summed E-state index contributed by atoms with van der Waals surface area (Å²) in [5.74, 6) is 0.545. The summed E-state index contributed by atoms with van der Waals surface area (Å²) in [6.07, 6.45) is 0.155. The molecule has 3 amide bonds. The molecule has 3 N–H and O–H groups in total. The second-order valence-electron chi connectivity index (χ2n) is 5.55. The highest BCUT2D eigenvalue weighted by atomic mass is 35.5. The van der Waals surface area contributed by atoms with Gasteiger partial charge < -0.3 is 20.7 Å². The van der Waals surface area contributed by atoms with Gasteiger partial charge in [0.05, 0.1) is 6.61 Å². The zero-order chi connectivity index (χ0) is 18.9. The molecule has 0 aliphatic heterocycles. The van der Waals surface area contributed by atoms with Crippen molar-refractivity contribution in [1.82, 2.24) is 5.32 Å². The summed E-state index contributed by atoms with van der Waals surface area (Å²) >= 11 is 6.02. The molecule has 0 unspecified atom stereocenters. The molecule has 0 bridgehead atoms. The van der Waals surface area contributed by atoms with Crippen LogP contribution in [0.3, 0.4) is 0 Å². The zero-order valence-corrected chi connectivity index (χ0v) is 15.5. The number of halogens is 1. The van der Waals surface area contributed by atoms with E-state index in [-0.39, 0.29) is 24.9 Å². The van der Waals surface area contributed by atoms with E-state index in [0.29, 0.717) is 23.0 Å². The Hall–Kier alpha value is -2.73. The molecule has 138 valence electrons. The number of benzene rings is 2. The Labute approximate surface area is 157 Å². The van der Waals surface area contributed by atoms with Gasteiger partial charge in [0, 0.05) is 29.4 Å². The molecule has 0 spiro atoms. The van der Waals surface area contributed by atoms with Crippen LogP contribution in [0.1, 0.15) is 18.9 Å². The summed E-state index contributed by atoms with van der Waals surface area (Å²) in [7, 11) is 0. The van der Waals surface area contributed by atoms with E-state index in [4.69, 9.17) is 16.3 Å². The molecule has 2 aromatic carbocycles. The fraction of sp³-hybridized carbons (Fsp3) is 0.263. The number of hydrogen-bond donors (Lipinski definition) is 3. The van der Waals surface area contributed by atoms with Crippen molar-refractivity contribution < 1.29 is 14.3 Å². The first-order chi connectivity index (χ1) is 12.5. The van der Waals surface area contributed by atoms with Gasteiger partial charge in [-0.3, -0.25) is 4.79 Å². The number of carbonyl (C=O) groups excluding carboxylic acids is 2. The van der Waals surface area contributed by atoms with Gasteiger partial charge in [-0.05, 0) is 55.8 Å². The lowest BCUT2D eigenvalue weighted by molar-refractivity contribution is -0.116. The number of urea groups is 1. The van der Waals surface area contributed by atoms with Gasteiger partial charge in [0.25, 0.3) is 0 Å². The van der Waals surface area contributed by atoms with E-state index in [1.165, 1.54) is 0 Å². The number of hydrogen-bond acceptors (Lipinski definition) is 3. The van der Waals surface area contributed by atoms with Gasteiger partial charge in [-0.1, -0.05) is 17.7 Å². The van der Waals surface area contributed by atoms with Gasteiger partial charge in [-0.25, -0.2) is 4.79 Å². The molecule has 0 aromatic heterocycles. The van der Waals surface area contributed by atoms with E-state index >= 15 is 0 Å². The Kier molecular flexibility index (Phi) is 7.29.